The molecule has 2 atom stereocenters. The maximum Gasteiger partial charge on any atom is 0.308 e. The van der Waals surface area contributed by atoms with Gasteiger partial charge in [0.05, 0.1) is 12.3 Å². The van der Waals surface area contributed by atoms with Crippen LogP contribution in [0.4, 0.5) is 0 Å². The van der Waals surface area contributed by atoms with Crippen molar-refractivity contribution >= 4 is 27.8 Å². The number of carboxylic acid groups (broad SMARTS) is 1. The summed E-state index contributed by atoms with van der Waals surface area (Å²) in [5, 5.41) is 9.22. The first-order valence-corrected chi connectivity index (χ1v) is 7.96. The van der Waals surface area contributed by atoms with Gasteiger partial charge in [0.15, 0.2) is 0 Å². The molecule has 1 aliphatic heterocycles. The molecule has 0 unspecified atom stereocenters. The standard InChI is InChI=1S/C16H20BrNO3/c1-10-5-6-12(8-14(10)17)9-15(19)18-7-3-4-13(11(18)2)16(20)21/h5-6,8,11,13H,3-4,7,9H2,1-2H3,(H,20,21)/t11-,13-/m1/s1. The summed E-state index contributed by atoms with van der Waals surface area (Å²) in [6, 6.07) is 5.64. The van der Waals surface area contributed by atoms with E-state index < -0.39 is 11.9 Å². The van der Waals surface area contributed by atoms with Crippen LogP contribution < -0.4 is 0 Å². The Kier molecular flexibility index (Phi) is 5.04. The molecule has 1 saturated heterocycles. The lowest BCUT2D eigenvalue weighted by Gasteiger charge is -2.37. The van der Waals surface area contributed by atoms with Crippen molar-refractivity contribution in [3.63, 3.8) is 0 Å². The molecule has 114 valence electrons. The minimum Gasteiger partial charge on any atom is -0.481 e. The van der Waals surface area contributed by atoms with Crippen LogP contribution in [0.3, 0.4) is 0 Å². The van der Waals surface area contributed by atoms with Crippen molar-refractivity contribution in [2.45, 2.75) is 39.2 Å². The average Bonchev–Trinajstić information content (AvgIpc) is 2.42. The predicted molar refractivity (Wildman–Crippen MR) is 84.1 cm³/mol. The SMILES string of the molecule is Cc1ccc(CC(=O)N2CCC[C@@H](C(=O)O)[C@H]2C)cc1Br. The number of amides is 1. The van der Waals surface area contributed by atoms with Gasteiger partial charge >= 0.3 is 5.97 Å². The highest BCUT2D eigenvalue weighted by atomic mass is 79.9. The number of hydrogen-bond acceptors (Lipinski definition) is 2. The summed E-state index contributed by atoms with van der Waals surface area (Å²) in [5.41, 5.74) is 2.07. The molecule has 21 heavy (non-hydrogen) atoms. The quantitative estimate of drug-likeness (QED) is 0.908. The van der Waals surface area contributed by atoms with E-state index in [9.17, 15) is 14.7 Å². The van der Waals surface area contributed by atoms with Crippen molar-refractivity contribution in [1.82, 2.24) is 4.90 Å². The molecule has 5 heteroatoms. The molecule has 0 bridgehead atoms. The van der Waals surface area contributed by atoms with Crippen LogP contribution in [-0.2, 0) is 16.0 Å². The number of benzene rings is 1. The van der Waals surface area contributed by atoms with Crippen molar-refractivity contribution < 1.29 is 14.7 Å². The molecule has 1 heterocycles. The second-order valence-electron chi connectivity index (χ2n) is 5.68. The van der Waals surface area contributed by atoms with Gasteiger partial charge in [0.2, 0.25) is 5.91 Å². The van der Waals surface area contributed by atoms with Crippen molar-refractivity contribution in [1.29, 1.82) is 0 Å². The molecular weight excluding hydrogens is 334 g/mol. The zero-order valence-electron chi connectivity index (χ0n) is 12.3. The van der Waals surface area contributed by atoms with E-state index in [1.807, 2.05) is 32.0 Å². The number of aryl methyl sites for hydroxylation is 1. The maximum absolute atomic E-state index is 12.5. The Bertz CT molecular complexity index is 558. The van der Waals surface area contributed by atoms with Gasteiger partial charge in [0, 0.05) is 17.1 Å². The van der Waals surface area contributed by atoms with Crippen LogP contribution in [0.25, 0.3) is 0 Å². The molecule has 1 aromatic rings. The predicted octanol–water partition coefficient (Wildman–Crippen LogP) is 3.01. The summed E-state index contributed by atoms with van der Waals surface area (Å²) in [6.07, 6.45) is 1.72. The summed E-state index contributed by atoms with van der Waals surface area (Å²) in [6.45, 7) is 4.48. The first-order chi connectivity index (χ1) is 9.90. The molecule has 0 radical (unpaired) electrons. The van der Waals surface area contributed by atoms with E-state index in [0.29, 0.717) is 19.4 Å². The maximum atomic E-state index is 12.5. The van der Waals surface area contributed by atoms with Crippen LogP contribution in [0, 0.1) is 12.8 Å². The minimum absolute atomic E-state index is 0.00389. The lowest BCUT2D eigenvalue weighted by molar-refractivity contribution is -0.148. The topological polar surface area (TPSA) is 57.6 Å². The molecule has 0 spiro atoms. The number of carbonyl (C=O) groups is 2. The molecule has 0 aromatic heterocycles. The molecule has 4 nitrogen and oxygen atoms in total. The Hall–Kier alpha value is -1.36. The molecule has 1 aromatic carbocycles. The fourth-order valence-electron chi connectivity index (χ4n) is 2.85. The molecule has 1 fully saturated rings. The Morgan fingerprint density at radius 2 is 2.14 bits per heavy atom. The normalized spacial score (nSPS) is 22.1. The van der Waals surface area contributed by atoms with E-state index in [4.69, 9.17) is 0 Å². The largest absolute Gasteiger partial charge is 0.481 e. The van der Waals surface area contributed by atoms with E-state index >= 15 is 0 Å². The molecule has 0 aliphatic carbocycles. The molecule has 1 amide bonds. The van der Waals surface area contributed by atoms with Gasteiger partial charge in [-0.1, -0.05) is 28.1 Å². The Morgan fingerprint density at radius 3 is 2.76 bits per heavy atom. The minimum atomic E-state index is -0.807. The van der Waals surface area contributed by atoms with Crippen molar-refractivity contribution in [2.75, 3.05) is 6.54 Å². The smallest absolute Gasteiger partial charge is 0.308 e. The second kappa shape index (κ2) is 6.60. The molecule has 2 rings (SSSR count). The number of nitrogens with zero attached hydrogens (tertiary/aromatic N) is 1. The number of halogens is 1. The van der Waals surface area contributed by atoms with Crippen LogP contribution >= 0.6 is 15.9 Å². The Balaban J connectivity index is 2.08. The number of carboxylic acids is 1. The van der Waals surface area contributed by atoms with Crippen LogP contribution in [0.15, 0.2) is 22.7 Å². The number of aliphatic carboxylic acids is 1. The van der Waals surface area contributed by atoms with Gasteiger partial charge in [0.25, 0.3) is 0 Å². The molecule has 0 saturated carbocycles. The van der Waals surface area contributed by atoms with Gasteiger partial charge in [0.1, 0.15) is 0 Å². The third-order valence-corrected chi connectivity index (χ3v) is 5.07. The fraction of sp³-hybridized carbons (Fsp3) is 0.500. The van der Waals surface area contributed by atoms with Gasteiger partial charge < -0.3 is 10.0 Å². The summed E-state index contributed by atoms with van der Waals surface area (Å²) in [4.78, 5) is 25.4. The van der Waals surface area contributed by atoms with Crippen LogP contribution in [0.2, 0.25) is 0 Å². The average molecular weight is 354 g/mol. The molecule has 1 N–H and O–H groups in total. The second-order valence-corrected chi connectivity index (χ2v) is 6.53. The highest BCUT2D eigenvalue weighted by Crippen LogP contribution is 2.25. The number of likely N-dealkylation sites (tertiary alicyclic amines) is 1. The van der Waals surface area contributed by atoms with Crippen molar-refractivity contribution in [2.24, 2.45) is 5.92 Å². The molecular formula is C16H20BrNO3. The lowest BCUT2D eigenvalue weighted by Crippen LogP contribution is -2.49. The zero-order valence-corrected chi connectivity index (χ0v) is 13.9. The summed E-state index contributed by atoms with van der Waals surface area (Å²) >= 11 is 3.47. The van der Waals surface area contributed by atoms with Crippen LogP contribution in [-0.4, -0.2) is 34.5 Å². The third-order valence-electron chi connectivity index (χ3n) is 4.22. The van der Waals surface area contributed by atoms with Gasteiger partial charge in [-0.2, -0.15) is 0 Å². The van der Waals surface area contributed by atoms with Gasteiger partial charge in [-0.05, 0) is 43.9 Å². The van der Waals surface area contributed by atoms with Crippen molar-refractivity contribution in [3.8, 4) is 0 Å². The van der Waals surface area contributed by atoms with E-state index in [1.165, 1.54) is 0 Å². The van der Waals surface area contributed by atoms with Gasteiger partial charge in [-0.3, -0.25) is 9.59 Å². The highest BCUT2D eigenvalue weighted by molar-refractivity contribution is 9.10. The summed E-state index contributed by atoms with van der Waals surface area (Å²) in [5.74, 6) is -1.25. The van der Waals surface area contributed by atoms with Crippen LogP contribution in [0.5, 0.6) is 0 Å². The number of hydrogen-bond donors (Lipinski definition) is 1. The summed E-state index contributed by atoms with van der Waals surface area (Å²) in [7, 11) is 0. The fourth-order valence-corrected chi connectivity index (χ4v) is 3.27. The van der Waals surface area contributed by atoms with E-state index in [0.717, 1.165) is 22.0 Å². The highest BCUT2D eigenvalue weighted by Gasteiger charge is 2.35. The molecule has 1 aliphatic rings. The number of rotatable bonds is 3. The first-order valence-electron chi connectivity index (χ1n) is 7.17. The Morgan fingerprint density at radius 1 is 1.43 bits per heavy atom. The lowest BCUT2D eigenvalue weighted by atomic mass is 9.90. The van der Waals surface area contributed by atoms with E-state index in [2.05, 4.69) is 15.9 Å². The van der Waals surface area contributed by atoms with Gasteiger partial charge in [-0.15, -0.1) is 0 Å². The third kappa shape index (κ3) is 3.64. The summed E-state index contributed by atoms with van der Waals surface area (Å²) < 4.78 is 0.989. The first kappa shape index (κ1) is 16.0. The zero-order chi connectivity index (χ0) is 15.6. The monoisotopic (exact) mass is 353 g/mol. The van der Waals surface area contributed by atoms with E-state index in [1.54, 1.807) is 4.90 Å². The van der Waals surface area contributed by atoms with Gasteiger partial charge in [-0.25, -0.2) is 0 Å². The van der Waals surface area contributed by atoms with E-state index in [-0.39, 0.29) is 11.9 Å². The number of piperidine rings is 1. The van der Waals surface area contributed by atoms with Crippen LogP contribution in [0.1, 0.15) is 30.9 Å². The van der Waals surface area contributed by atoms with Crippen molar-refractivity contribution in [3.05, 3.63) is 33.8 Å². The Labute approximate surface area is 133 Å². The number of carbonyl (C=O) groups excluding carboxylic acids is 1.